The zero-order valence-corrected chi connectivity index (χ0v) is 20.9. The summed E-state index contributed by atoms with van der Waals surface area (Å²) in [4.78, 5) is 29.7. The molecule has 2 amide bonds. The predicted molar refractivity (Wildman–Crippen MR) is 136 cm³/mol. The number of allylic oxidation sites excluding steroid dienone is 4. The molecule has 0 unspecified atom stereocenters. The Morgan fingerprint density at radius 1 is 1.22 bits per heavy atom. The molecule has 11 nitrogen and oxygen atoms in total. The van der Waals surface area contributed by atoms with E-state index in [0.29, 0.717) is 37.4 Å². The number of carbonyl (C=O) groups is 2. The summed E-state index contributed by atoms with van der Waals surface area (Å²) in [6.45, 7) is 3.01. The molecule has 4 rings (SSSR count). The highest BCUT2D eigenvalue weighted by atomic mass is 16.5. The maximum absolute atomic E-state index is 13.2. The van der Waals surface area contributed by atoms with Crippen molar-refractivity contribution >= 4 is 11.8 Å². The Labute approximate surface area is 215 Å². The number of hydrogen-bond donors (Lipinski definition) is 4. The summed E-state index contributed by atoms with van der Waals surface area (Å²) in [5.74, 6) is 0.729. The van der Waals surface area contributed by atoms with Gasteiger partial charge in [0.1, 0.15) is 11.5 Å². The molecule has 0 fully saturated rings. The van der Waals surface area contributed by atoms with E-state index in [1.54, 1.807) is 11.7 Å². The largest absolute Gasteiger partial charge is 0.351 e. The van der Waals surface area contributed by atoms with Crippen molar-refractivity contribution in [1.82, 2.24) is 41.0 Å². The van der Waals surface area contributed by atoms with Gasteiger partial charge in [0.05, 0.1) is 6.20 Å². The average Bonchev–Trinajstić information content (AvgIpc) is 3.59. The predicted octanol–water partition coefficient (Wildman–Crippen LogP) is 2.97. The molecule has 1 aliphatic carbocycles. The fraction of sp³-hybridized carbons (Fsp3) is 0.385. The van der Waals surface area contributed by atoms with Gasteiger partial charge in [-0.05, 0) is 30.0 Å². The topological polar surface area (TPSA) is 151 Å². The van der Waals surface area contributed by atoms with Crippen LogP contribution in [0.3, 0.4) is 0 Å². The van der Waals surface area contributed by atoms with E-state index >= 15 is 0 Å². The lowest BCUT2D eigenvalue weighted by molar-refractivity contribution is -0.131. The highest BCUT2D eigenvalue weighted by molar-refractivity contribution is 5.92. The van der Waals surface area contributed by atoms with Gasteiger partial charge in [-0.1, -0.05) is 61.9 Å². The van der Waals surface area contributed by atoms with Gasteiger partial charge in [0, 0.05) is 36.9 Å². The minimum atomic E-state index is -0.457. The van der Waals surface area contributed by atoms with Crippen LogP contribution < -0.4 is 10.8 Å². The summed E-state index contributed by atoms with van der Waals surface area (Å²) in [6, 6.07) is 7.82. The molecule has 194 valence electrons. The van der Waals surface area contributed by atoms with E-state index in [1.165, 1.54) is 0 Å². The average molecular weight is 505 g/mol. The summed E-state index contributed by atoms with van der Waals surface area (Å²) in [5, 5.41) is 26.1. The lowest BCUT2D eigenvalue weighted by Crippen LogP contribution is -2.34. The number of aryl methyl sites for hydroxylation is 1. The Balaban J connectivity index is 1.46. The molecule has 0 bridgehead atoms. The summed E-state index contributed by atoms with van der Waals surface area (Å²) in [5.41, 5.74) is 3.62. The van der Waals surface area contributed by atoms with Gasteiger partial charge >= 0.3 is 0 Å². The molecule has 0 saturated carbocycles. The highest BCUT2D eigenvalue weighted by Gasteiger charge is 2.30. The number of aromatic amines is 1. The quantitative estimate of drug-likeness (QED) is 0.219. The molecule has 2 heterocycles. The molecule has 1 aromatic carbocycles. The van der Waals surface area contributed by atoms with Crippen molar-refractivity contribution in [2.75, 3.05) is 6.54 Å². The minimum absolute atomic E-state index is 0.138. The number of nitrogens with zero attached hydrogens (tertiary/aromatic N) is 5. The summed E-state index contributed by atoms with van der Waals surface area (Å²) < 4.78 is 1.96. The third-order valence-electron chi connectivity index (χ3n) is 6.59. The van der Waals surface area contributed by atoms with Crippen LogP contribution >= 0.6 is 0 Å². The smallest absolute Gasteiger partial charge is 0.269 e. The highest BCUT2D eigenvalue weighted by Crippen LogP contribution is 2.35. The number of nitrogens with one attached hydrogen (secondary N) is 3. The standard InChI is InChI=1S/C26H32N8O3/c1-2-3-7-22-28-17-21(34(22)18-19-8-10-20(11-9-19)24-29-32-33-30-24)25(36)27-15-14-26(16-23(35)31-37)12-5-4-6-13-26/h4-6,8-12,17,37H,2-3,7,13-16,18H2,1H3,(H,27,36)(H,31,35)(H,29,30,32,33)/t26-/m0/s1. The molecule has 0 spiro atoms. The third-order valence-corrected chi connectivity index (χ3v) is 6.59. The Morgan fingerprint density at radius 3 is 2.73 bits per heavy atom. The van der Waals surface area contributed by atoms with Gasteiger partial charge < -0.3 is 9.88 Å². The van der Waals surface area contributed by atoms with Gasteiger partial charge in [0.2, 0.25) is 11.7 Å². The molecule has 4 N–H and O–H groups in total. The van der Waals surface area contributed by atoms with Crippen molar-refractivity contribution in [3.63, 3.8) is 0 Å². The van der Waals surface area contributed by atoms with E-state index < -0.39 is 11.3 Å². The van der Waals surface area contributed by atoms with Crippen molar-refractivity contribution in [2.24, 2.45) is 5.41 Å². The van der Waals surface area contributed by atoms with Crippen LogP contribution in [0.2, 0.25) is 0 Å². The van der Waals surface area contributed by atoms with Gasteiger partial charge in [-0.3, -0.25) is 14.8 Å². The van der Waals surface area contributed by atoms with E-state index in [4.69, 9.17) is 5.21 Å². The Morgan fingerprint density at radius 2 is 2.05 bits per heavy atom. The monoisotopic (exact) mass is 504 g/mol. The molecule has 2 aromatic heterocycles. The minimum Gasteiger partial charge on any atom is -0.351 e. The van der Waals surface area contributed by atoms with Crippen LogP contribution in [0, 0.1) is 5.41 Å². The lowest BCUT2D eigenvalue weighted by Gasteiger charge is -2.30. The Kier molecular flexibility index (Phi) is 8.57. The van der Waals surface area contributed by atoms with E-state index in [0.717, 1.165) is 36.2 Å². The first kappa shape index (κ1) is 26.0. The summed E-state index contributed by atoms with van der Waals surface area (Å²) in [7, 11) is 0. The van der Waals surface area contributed by atoms with Crippen LogP contribution in [-0.4, -0.2) is 53.7 Å². The van der Waals surface area contributed by atoms with E-state index in [2.05, 4.69) is 37.8 Å². The zero-order valence-electron chi connectivity index (χ0n) is 20.9. The van der Waals surface area contributed by atoms with Crippen LogP contribution in [0.25, 0.3) is 11.4 Å². The maximum Gasteiger partial charge on any atom is 0.269 e. The summed E-state index contributed by atoms with van der Waals surface area (Å²) >= 11 is 0. The molecular weight excluding hydrogens is 472 g/mol. The number of rotatable bonds is 12. The maximum atomic E-state index is 13.2. The normalized spacial score (nSPS) is 16.6. The Bertz CT molecular complexity index is 1250. The number of benzene rings is 1. The number of unbranched alkanes of at least 4 members (excludes halogenated alkanes) is 1. The van der Waals surface area contributed by atoms with Crippen LogP contribution in [0.1, 0.15) is 60.9 Å². The van der Waals surface area contributed by atoms with Gasteiger partial charge in [0.25, 0.3) is 5.91 Å². The van der Waals surface area contributed by atoms with Crippen molar-refractivity contribution < 1.29 is 14.8 Å². The summed E-state index contributed by atoms with van der Waals surface area (Å²) in [6.07, 6.45) is 13.6. The molecule has 0 saturated heterocycles. The molecule has 11 heteroatoms. The lowest BCUT2D eigenvalue weighted by atomic mass is 9.75. The SMILES string of the molecule is CCCCc1ncc(C(=O)NCC[C@]2(CC(=O)NO)C=CC=CC2)n1Cc1ccc(-c2nn[nH]n2)cc1. The second kappa shape index (κ2) is 12.2. The molecule has 37 heavy (non-hydrogen) atoms. The first-order valence-corrected chi connectivity index (χ1v) is 12.5. The molecule has 3 aromatic rings. The number of hydrogen-bond acceptors (Lipinski definition) is 7. The van der Waals surface area contributed by atoms with E-state index in [9.17, 15) is 9.59 Å². The number of aromatic nitrogens is 6. The second-order valence-corrected chi connectivity index (χ2v) is 9.25. The molecule has 1 aliphatic rings. The number of hydroxylamine groups is 1. The number of imidazole rings is 1. The van der Waals surface area contributed by atoms with Crippen LogP contribution in [0.4, 0.5) is 0 Å². The molecular formula is C26H32N8O3. The van der Waals surface area contributed by atoms with Gasteiger partial charge in [-0.15, -0.1) is 10.2 Å². The van der Waals surface area contributed by atoms with Gasteiger partial charge in [-0.25, -0.2) is 10.5 Å². The van der Waals surface area contributed by atoms with Crippen molar-refractivity contribution in [1.29, 1.82) is 0 Å². The van der Waals surface area contributed by atoms with Crippen LogP contribution in [0.15, 0.2) is 54.8 Å². The fourth-order valence-corrected chi connectivity index (χ4v) is 4.52. The van der Waals surface area contributed by atoms with E-state index in [-0.39, 0.29) is 12.3 Å². The number of carbonyl (C=O) groups excluding carboxylic acids is 2. The van der Waals surface area contributed by atoms with E-state index in [1.807, 2.05) is 53.1 Å². The number of tetrazole rings is 1. The second-order valence-electron chi connectivity index (χ2n) is 9.25. The van der Waals surface area contributed by atoms with Gasteiger partial charge in [0.15, 0.2) is 0 Å². The van der Waals surface area contributed by atoms with Gasteiger partial charge in [-0.2, -0.15) is 5.21 Å². The Hall–Kier alpha value is -4.12. The van der Waals surface area contributed by atoms with Crippen molar-refractivity contribution in [3.05, 3.63) is 71.8 Å². The first-order chi connectivity index (χ1) is 18.0. The van der Waals surface area contributed by atoms with Crippen LogP contribution in [0.5, 0.6) is 0 Å². The zero-order chi connectivity index (χ0) is 26.1. The van der Waals surface area contributed by atoms with Crippen molar-refractivity contribution in [3.8, 4) is 11.4 Å². The first-order valence-electron chi connectivity index (χ1n) is 12.5. The van der Waals surface area contributed by atoms with Crippen LogP contribution in [-0.2, 0) is 17.8 Å². The molecule has 0 radical (unpaired) electrons. The number of amides is 2. The molecule has 1 atom stereocenters. The third kappa shape index (κ3) is 6.56. The van der Waals surface area contributed by atoms with Crippen molar-refractivity contribution in [2.45, 2.75) is 52.0 Å². The molecule has 0 aliphatic heterocycles. The number of H-pyrrole nitrogens is 1. The fourth-order valence-electron chi connectivity index (χ4n) is 4.52.